The average Bonchev–Trinajstić information content (AvgIpc) is 2.05. The molecule has 1 atom stereocenters. The molecule has 0 aromatic rings. The number of allylic oxidation sites excluding steroid dienone is 1. The van der Waals surface area contributed by atoms with E-state index in [0.717, 1.165) is 6.42 Å². The second kappa shape index (κ2) is 3.77. The van der Waals surface area contributed by atoms with E-state index < -0.39 is 0 Å². The zero-order chi connectivity index (χ0) is 7.40. The van der Waals surface area contributed by atoms with Crippen LogP contribution in [-0.2, 0) is 0 Å². The molecular formula is C9H17N. The summed E-state index contributed by atoms with van der Waals surface area (Å²) in [6.45, 7) is 2.15. The fourth-order valence-corrected chi connectivity index (χ4v) is 1.46. The summed E-state index contributed by atoms with van der Waals surface area (Å²) in [6.07, 6.45) is 8.63. The van der Waals surface area contributed by atoms with Crippen molar-refractivity contribution in [3.05, 3.63) is 11.6 Å². The molecule has 0 radical (unpaired) electrons. The Morgan fingerprint density at radius 2 is 2.40 bits per heavy atom. The molecule has 0 aromatic heterocycles. The second-order valence-electron chi connectivity index (χ2n) is 3.04. The number of nitrogens with two attached hydrogens (primary N) is 1. The van der Waals surface area contributed by atoms with Crippen molar-refractivity contribution < 1.29 is 0 Å². The first-order valence-electron chi connectivity index (χ1n) is 4.29. The van der Waals surface area contributed by atoms with E-state index in [1.807, 2.05) is 0 Å². The lowest BCUT2D eigenvalue weighted by Crippen LogP contribution is -2.22. The minimum Gasteiger partial charge on any atom is -0.324 e. The first-order chi connectivity index (χ1) is 4.84. The topological polar surface area (TPSA) is 26.0 Å². The van der Waals surface area contributed by atoms with Gasteiger partial charge in [-0.15, -0.1) is 0 Å². The largest absolute Gasteiger partial charge is 0.324 e. The molecule has 0 saturated carbocycles. The predicted octanol–water partition coefficient (Wildman–Crippen LogP) is 2.22. The summed E-state index contributed by atoms with van der Waals surface area (Å²) < 4.78 is 0. The molecule has 10 heavy (non-hydrogen) atoms. The molecule has 1 nitrogen and oxygen atoms in total. The monoisotopic (exact) mass is 139 g/mol. The Labute approximate surface area is 63.3 Å². The Morgan fingerprint density at radius 1 is 1.60 bits per heavy atom. The molecule has 1 rings (SSSR count). The highest BCUT2D eigenvalue weighted by atomic mass is 14.6. The van der Waals surface area contributed by atoms with Gasteiger partial charge in [0.1, 0.15) is 0 Å². The predicted molar refractivity (Wildman–Crippen MR) is 44.8 cm³/mol. The highest BCUT2D eigenvalue weighted by Gasteiger charge is 2.08. The van der Waals surface area contributed by atoms with Gasteiger partial charge in [0.25, 0.3) is 0 Å². The molecule has 58 valence electrons. The molecule has 0 heterocycles. The van der Waals surface area contributed by atoms with Crippen molar-refractivity contribution in [1.29, 1.82) is 0 Å². The number of hydrogen-bond donors (Lipinski definition) is 1. The van der Waals surface area contributed by atoms with Crippen molar-refractivity contribution in [3.63, 3.8) is 0 Å². The molecule has 0 fully saturated rings. The summed E-state index contributed by atoms with van der Waals surface area (Å²) in [4.78, 5) is 0. The van der Waals surface area contributed by atoms with Gasteiger partial charge in [-0.3, -0.25) is 0 Å². The minimum absolute atomic E-state index is 0.347. The van der Waals surface area contributed by atoms with E-state index in [4.69, 9.17) is 5.73 Å². The third-order valence-electron chi connectivity index (χ3n) is 2.24. The minimum atomic E-state index is 0.347. The molecule has 0 amide bonds. The summed E-state index contributed by atoms with van der Waals surface area (Å²) >= 11 is 0. The Kier molecular flexibility index (Phi) is 2.94. The quantitative estimate of drug-likeness (QED) is 0.583. The lowest BCUT2D eigenvalue weighted by atomic mass is 9.93. The van der Waals surface area contributed by atoms with Crippen molar-refractivity contribution in [2.45, 2.75) is 45.1 Å². The lowest BCUT2D eigenvalue weighted by molar-refractivity contribution is 0.622. The molecule has 0 spiro atoms. The van der Waals surface area contributed by atoms with Gasteiger partial charge in [-0.1, -0.05) is 18.6 Å². The first-order valence-corrected chi connectivity index (χ1v) is 4.29. The van der Waals surface area contributed by atoms with Gasteiger partial charge in [0.05, 0.1) is 0 Å². The van der Waals surface area contributed by atoms with Gasteiger partial charge in [-0.2, -0.15) is 0 Å². The lowest BCUT2D eigenvalue weighted by Gasteiger charge is -2.17. The third-order valence-corrected chi connectivity index (χ3v) is 2.24. The van der Waals surface area contributed by atoms with Crippen molar-refractivity contribution in [1.82, 2.24) is 0 Å². The van der Waals surface area contributed by atoms with Crippen molar-refractivity contribution in [2.24, 2.45) is 5.73 Å². The summed E-state index contributed by atoms with van der Waals surface area (Å²) in [6, 6.07) is 0.347. The summed E-state index contributed by atoms with van der Waals surface area (Å²) in [5.41, 5.74) is 7.37. The SMILES string of the molecule is CC[C@H](N)C1=CCCCC1. The van der Waals surface area contributed by atoms with Crippen LogP contribution >= 0.6 is 0 Å². The van der Waals surface area contributed by atoms with Crippen LogP contribution in [0.25, 0.3) is 0 Å². The number of hydrogen-bond acceptors (Lipinski definition) is 1. The molecule has 0 bridgehead atoms. The fourth-order valence-electron chi connectivity index (χ4n) is 1.46. The zero-order valence-electron chi connectivity index (χ0n) is 6.77. The van der Waals surface area contributed by atoms with E-state index in [1.165, 1.54) is 31.3 Å². The summed E-state index contributed by atoms with van der Waals surface area (Å²) in [5.74, 6) is 0. The van der Waals surface area contributed by atoms with Crippen LogP contribution in [0.3, 0.4) is 0 Å². The van der Waals surface area contributed by atoms with E-state index in [2.05, 4.69) is 13.0 Å². The van der Waals surface area contributed by atoms with Crippen LogP contribution in [0.4, 0.5) is 0 Å². The molecular weight excluding hydrogens is 122 g/mol. The maximum absolute atomic E-state index is 5.88. The van der Waals surface area contributed by atoms with Gasteiger partial charge in [0.2, 0.25) is 0 Å². The van der Waals surface area contributed by atoms with Crippen LogP contribution in [0.1, 0.15) is 39.0 Å². The van der Waals surface area contributed by atoms with Crippen molar-refractivity contribution in [3.8, 4) is 0 Å². The van der Waals surface area contributed by atoms with Crippen LogP contribution in [0.5, 0.6) is 0 Å². The molecule has 1 aliphatic carbocycles. The molecule has 2 N–H and O–H groups in total. The zero-order valence-corrected chi connectivity index (χ0v) is 6.77. The molecule has 0 saturated heterocycles. The van der Waals surface area contributed by atoms with Gasteiger partial charge >= 0.3 is 0 Å². The molecule has 0 aliphatic heterocycles. The van der Waals surface area contributed by atoms with Crippen LogP contribution in [0.15, 0.2) is 11.6 Å². The maximum atomic E-state index is 5.88. The van der Waals surface area contributed by atoms with Crippen molar-refractivity contribution >= 4 is 0 Å². The van der Waals surface area contributed by atoms with Gasteiger partial charge in [0, 0.05) is 6.04 Å². The maximum Gasteiger partial charge on any atom is 0.0250 e. The standard InChI is InChI=1S/C9H17N/c1-2-9(10)8-6-4-3-5-7-8/h6,9H,2-5,7,10H2,1H3/t9-/m0/s1. The van der Waals surface area contributed by atoms with E-state index in [9.17, 15) is 0 Å². The first kappa shape index (κ1) is 7.80. The normalized spacial score (nSPS) is 22.0. The Hall–Kier alpha value is -0.300. The second-order valence-corrected chi connectivity index (χ2v) is 3.04. The van der Waals surface area contributed by atoms with Crippen LogP contribution in [-0.4, -0.2) is 6.04 Å². The Bertz CT molecular complexity index is 127. The fraction of sp³-hybridized carbons (Fsp3) is 0.778. The van der Waals surface area contributed by atoms with Crippen molar-refractivity contribution in [2.75, 3.05) is 0 Å². The molecule has 0 unspecified atom stereocenters. The van der Waals surface area contributed by atoms with Gasteiger partial charge in [0.15, 0.2) is 0 Å². The highest BCUT2D eigenvalue weighted by Crippen LogP contribution is 2.20. The van der Waals surface area contributed by atoms with Crippen LogP contribution < -0.4 is 5.73 Å². The average molecular weight is 139 g/mol. The van der Waals surface area contributed by atoms with Gasteiger partial charge < -0.3 is 5.73 Å². The van der Waals surface area contributed by atoms with E-state index in [1.54, 1.807) is 0 Å². The summed E-state index contributed by atoms with van der Waals surface area (Å²) in [5, 5.41) is 0. The molecule has 0 aromatic carbocycles. The Morgan fingerprint density at radius 3 is 2.90 bits per heavy atom. The smallest absolute Gasteiger partial charge is 0.0250 e. The highest BCUT2D eigenvalue weighted by molar-refractivity contribution is 5.11. The van der Waals surface area contributed by atoms with E-state index in [-0.39, 0.29) is 0 Å². The van der Waals surface area contributed by atoms with Crippen LogP contribution in [0, 0.1) is 0 Å². The van der Waals surface area contributed by atoms with E-state index >= 15 is 0 Å². The van der Waals surface area contributed by atoms with E-state index in [0.29, 0.717) is 6.04 Å². The van der Waals surface area contributed by atoms with Gasteiger partial charge in [-0.05, 0) is 32.1 Å². The number of rotatable bonds is 2. The third kappa shape index (κ3) is 1.84. The Balaban J connectivity index is 2.44. The van der Waals surface area contributed by atoms with Crippen LogP contribution in [0.2, 0.25) is 0 Å². The molecule has 1 aliphatic rings. The summed E-state index contributed by atoms with van der Waals surface area (Å²) in [7, 11) is 0. The van der Waals surface area contributed by atoms with Gasteiger partial charge in [-0.25, -0.2) is 0 Å². The molecule has 1 heteroatoms.